The third kappa shape index (κ3) is 9.71. The van der Waals surface area contributed by atoms with Gasteiger partial charge in [0.15, 0.2) is 0 Å². The van der Waals surface area contributed by atoms with Crippen LogP contribution < -0.4 is 11.5 Å². The molecule has 8 rings (SSSR count). The van der Waals surface area contributed by atoms with Gasteiger partial charge in [0.1, 0.15) is 11.5 Å². The molecule has 4 aromatic carbocycles. The van der Waals surface area contributed by atoms with Gasteiger partial charge in [-0.2, -0.15) is 0 Å². The molecule has 5 atom stereocenters. The van der Waals surface area contributed by atoms with Crippen LogP contribution in [0, 0.1) is 25.7 Å². The maximum Gasteiger partial charge on any atom is 0.122 e. The van der Waals surface area contributed by atoms with Gasteiger partial charge in [0.25, 0.3) is 0 Å². The number of hydrogen-bond acceptors (Lipinski definition) is 8. The molecule has 306 valence electrons. The summed E-state index contributed by atoms with van der Waals surface area (Å²) in [6, 6.07) is 27.4. The lowest BCUT2D eigenvalue weighted by molar-refractivity contribution is -0.0667. The molecular formula is C48H63ClN4O4. The van der Waals surface area contributed by atoms with Gasteiger partial charge in [-0.25, -0.2) is 0 Å². The van der Waals surface area contributed by atoms with Crippen molar-refractivity contribution >= 4 is 11.6 Å². The maximum absolute atomic E-state index is 10.6. The molecule has 4 aliphatic rings. The van der Waals surface area contributed by atoms with Crippen molar-refractivity contribution in [2.45, 2.75) is 96.2 Å². The van der Waals surface area contributed by atoms with E-state index in [2.05, 4.69) is 71.3 Å². The fraction of sp³-hybridized carbons (Fsp3) is 0.500. The Hall–Kier alpha value is -3.47. The first-order chi connectivity index (χ1) is 27.6. The van der Waals surface area contributed by atoms with E-state index >= 15 is 0 Å². The van der Waals surface area contributed by atoms with Crippen LogP contribution in [0.5, 0.6) is 11.5 Å². The highest BCUT2D eigenvalue weighted by Crippen LogP contribution is 2.42. The van der Waals surface area contributed by atoms with Gasteiger partial charge in [-0.05, 0) is 136 Å². The van der Waals surface area contributed by atoms with E-state index in [1.165, 1.54) is 11.1 Å². The average molecular weight is 796 g/mol. The van der Waals surface area contributed by atoms with E-state index in [1.807, 2.05) is 38.1 Å². The Morgan fingerprint density at radius 2 is 1.23 bits per heavy atom. The molecule has 4 aliphatic heterocycles. The molecule has 6 N–H and O–H groups in total. The Balaban J connectivity index is 0.000000174. The molecule has 1 unspecified atom stereocenters. The molecule has 4 heterocycles. The van der Waals surface area contributed by atoms with Gasteiger partial charge in [-0.3, -0.25) is 4.90 Å². The summed E-state index contributed by atoms with van der Waals surface area (Å²) in [4.78, 5) is 5.11. The van der Waals surface area contributed by atoms with E-state index in [0.29, 0.717) is 42.5 Å². The normalized spacial score (nSPS) is 23.9. The smallest absolute Gasteiger partial charge is 0.122 e. The summed E-state index contributed by atoms with van der Waals surface area (Å²) in [6.07, 6.45) is 7.16. The summed E-state index contributed by atoms with van der Waals surface area (Å²) in [5.41, 5.74) is 20.8. The second-order valence-corrected chi connectivity index (χ2v) is 17.3. The predicted octanol–water partition coefficient (Wildman–Crippen LogP) is 8.36. The van der Waals surface area contributed by atoms with Crippen LogP contribution in [0.3, 0.4) is 0 Å². The molecule has 57 heavy (non-hydrogen) atoms. The fourth-order valence-corrected chi connectivity index (χ4v) is 9.92. The van der Waals surface area contributed by atoms with Crippen molar-refractivity contribution in [1.29, 1.82) is 0 Å². The number of likely N-dealkylation sites (tertiary alicyclic amines) is 2. The molecule has 9 heteroatoms. The van der Waals surface area contributed by atoms with Crippen LogP contribution in [0.1, 0.15) is 95.4 Å². The molecule has 0 bridgehead atoms. The fourth-order valence-electron chi connectivity index (χ4n) is 9.71. The van der Waals surface area contributed by atoms with E-state index in [4.69, 9.17) is 32.5 Å². The average Bonchev–Trinajstić information content (AvgIpc) is 3.25. The molecule has 0 saturated carbocycles. The van der Waals surface area contributed by atoms with Crippen LogP contribution >= 0.6 is 11.6 Å². The van der Waals surface area contributed by atoms with Crippen LogP contribution in [0.2, 0.25) is 5.02 Å². The van der Waals surface area contributed by atoms with Crippen LogP contribution in [0.25, 0.3) is 0 Å². The second kappa shape index (κ2) is 19.1. The number of aromatic hydroxyl groups is 2. The number of phenols is 2. The molecule has 0 aromatic heterocycles. The Morgan fingerprint density at radius 3 is 1.74 bits per heavy atom. The Bertz CT molecular complexity index is 1930. The summed E-state index contributed by atoms with van der Waals surface area (Å²) in [5, 5.41) is 22.0. The first-order valence-corrected chi connectivity index (χ1v) is 21.6. The summed E-state index contributed by atoms with van der Waals surface area (Å²) in [5.74, 6) is 1.88. The minimum absolute atomic E-state index is 0.110. The van der Waals surface area contributed by atoms with Gasteiger partial charge in [0.2, 0.25) is 0 Å². The zero-order chi connectivity index (χ0) is 40.1. The van der Waals surface area contributed by atoms with Gasteiger partial charge < -0.3 is 36.1 Å². The number of nitrogens with zero attached hydrogens (tertiary/aromatic N) is 2. The minimum atomic E-state index is -0.115. The van der Waals surface area contributed by atoms with E-state index in [9.17, 15) is 10.2 Å². The van der Waals surface area contributed by atoms with Crippen molar-refractivity contribution in [3.8, 4) is 11.5 Å². The van der Waals surface area contributed by atoms with Gasteiger partial charge in [-0.1, -0.05) is 78.3 Å². The summed E-state index contributed by atoms with van der Waals surface area (Å²) in [6.45, 7) is 12.5. The quantitative estimate of drug-likeness (QED) is 0.134. The topological polar surface area (TPSA) is 117 Å². The third-order valence-corrected chi connectivity index (χ3v) is 13.6. The van der Waals surface area contributed by atoms with E-state index in [0.717, 1.165) is 116 Å². The Morgan fingerprint density at radius 1 is 0.702 bits per heavy atom. The van der Waals surface area contributed by atoms with E-state index in [1.54, 1.807) is 0 Å². The highest BCUT2D eigenvalue weighted by atomic mass is 35.5. The van der Waals surface area contributed by atoms with E-state index in [-0.39, 0.29) is 24.4 Å². The zero-order valence-electron chi connectivity index (χ0n) is 34.1. The number of nitrogens with two attached hydrogens (primary N) is 2. The van der Waals surface area contributed by atoms with Crippen molar-refractivity contribution in [1.82, 2.24) is 9.80 Å². The van der Waals surface area contributed by atoms with Crippen molar-refractivity contribution in [2.24, 2.45) is 23.3 Å². The van der Waals surface area contributed by atoms with Crippen molar-refractivity contribution in [3.63, 3.8) is 0 Å². The molecule has 0 amide bonds. The standard InChI is InChI=1S/C24H31ClN2O2.C24H32N2O2/c1-16-5-6-20-21(24(16)28)14-22(29-23(20)15-26)18-8-11-27(12-9-18)10-7-17-3-2-4-19(25)13-17;1-16-8-9-20-21(24(16)27)14-22(28-23(20)15-25)19-10-12-26(13-11-19)17(2)18-6-4-3-5-7-18/h2-6,13,18,22-23,28H,7-12,14-15,26H2,1H3;3-9,17,19,22-23,27H,10-15,25H2,1-2H3/t22-,23-;17?,22-,23-/m00/s1. The number of benzene rings is 4. The SMILES string of the molecule is Cc1ccc2c(c1O)C[C@@H](C1CCN(C(C)c3ccccc3)CC1)O[C@H]2CN.Cc1ccc2c(c1O)C[C@@H](C1CCN(CCc3cccc(Cl)c3)CC1)O[C@H]2CN. The number of rotatable bonds is 9. The number of ether oxygens (including phenoxy) is 2. The molecule has 0 aliphatic carbocycles. The molecule has 0 spiro atoms. The first-order valence-electron chi connectivity index (χ1n) is 21.2. The largest absolute Gasteiger partial charge is 0.507 e. The highest BCUT2D eigenvalue weighted by molar-refractivity contribution is 6.30. The van der Waals surface area contributed by atoms with E-state index < -0.39 is 0 Å². The molecular weight excluding hydrogens is 732 g/mol. The third-order valence-electron chi connectivity index (χ3n) is 13.3. The van der Waals surface area contributed by atoms with Crippen molar-refractivity contribution in [3.05, 3.63) is 128 Å². The number of aryl methyl sites for hydroxylation is 2. The number of piperidine rings is 2. The Kier molecular flexibility index (Phi) is 13.9. The highest BCUT2D eigenvalue weighted by Gasteiger charge is 2.37. The number of hydrogen-bond donors (Lipinski definition) is 4. The van der Waals surface area contributed by atoms with Gasteiger partial charge in [0, 0.05) is 54.7 Å². The zero-order valence-corrected chi connectivity index (χ0v) is 34.8. The van der Waals surface area contributed by atoms with Gasteiger partial charge in [-0.15, -0.1) is 0 Å². The second-order valence-electron chi connectivity index (χ2n) is 16.8. The van der Waals surface area contributed by atoms with Crippen molar-refractivity contribution in [2.75, 3.05) is 45.8 Å². The monoisotopic (exact) mass is 794 g/mol. The molecule has 4 aromatic rings. The molecule has 0 radical (unpaired) electrons. The summed E-state index contributed by atoms with van der Waals surface area (Å²) in [7, 11) is 0. The lowest BCUT2D eigenvalue weighted by Crippen LogP contribution is -2.42. The summed E-state index contributed by atoms with van der Waals surface area (Å²) < 4.78 is 12.8. The summed E-state index contributed by atoms with van der Waals surface area (Å²) >= 11 is 6.10. The Labute approximate surface area is 345 Å². The number of halogens is 1. The van der Waals surface area contributed by atoms with Crippen LogP contribution in [0.4, 0.5) is 0 Å². The first kappa shape index (κ1) is 41.7. The molecule has 8 nitrogen and oxygen atoms in total. The lowest BCUT2D eigenvalue weighted by atomic mass is 9.82. The van der Waals surface area contributed by atoms with Gasteiger partial charge >= 0.3 is 0 Å². The van der Waals surface area contributed by atoms with Crippen LogP contribution in [-0.2, 0) is 28.7 Å². The van der Waals surface area contributed by atoms with Gasteiger partial charge in [0.05, 0.1) is 24.4 Å². The lowest BCUT2D eigenvalue weighted by Gasteiger charge is -2.42. The molecule has 2 saturated heterocycles. The minimum Gasteiger partial charge on any atom is -0.507 e. The maximum atomic E-state index is 10.6. The number of fused-ring (bicyclic) bond motifs is 2. The molecule has 2 fully saturated rings. The van der Waals surface area contributed by atoms with Crippen LogP contribution in [0.15, 0.2) is 78.9 Å². The van der Waals surface area contributed by atoms with Crippen molar-refractivity contribution < 1.29 is 19.7 Å². The van der Waals surface area contributed by atoms with Crippen LogP contribution in [-0.4, -0.2) is 78.0 Å². The predicted molar refractivity (Wildman–Crippen MR) is 230 cm³/mol. The number of phenolic OH excluding ortho intramolecular Hbond substituents is 2.